The molecule has 0 saturated heterocycles. The molecule has 22 heavy (non-hydrogen) atoms. The summed E-state index contributed by atoms with van der Waals surface area (Å²) < 4.78 is 5.37. The second-order valence-corrected chi connectivity index (χ2v) is 5.38. The molecule has 2 unspecified atom stereocenters. The maximum Gasteiger partial charge on any atom is 0.251 e. The van der Waals surface area contributed by atoms with Gasteiger partial charge in [-0.25, -0.2) is 0 Å². The lowest BCUT2D eigenvalue weighted by molar-refractivity contribution is 0.0858. The van der Waals surface area contributed by atoms with Gasteiger partial charge in [0.05, 0.1) is 18.8 Å². The summed E-state index contributed by atoms with van der Waals surface area (Å²) in [4.78, 5) is 12.4. The van der Waals surface area contributed by atoms with E-state index in [9.17, 15) is 9.90 Å². The molecule has 0 aromatic heterocycles. The summed E-state index contributed by atoms with van der Waals surface area (Å²) in [6.07, 6.45) is -0.00578. The molecule has 0 radical (unpaired) electrons. The number of aliphatic hydroxyl groups is 1. The molecule has 3 rings (SSSR count). The molecular weight excluding hydrogens is 278 g/mol. The average Bonchev–Trinajstić information content (AvgIpc) is 2.84. The van der Waals surface area contributed by atoms with Gasteiger partial charge in [-0.2, -0.15) is 0 Å². The minimum Gasteiger partial charge on any atom is -0.494 e. The lowest BCUT2D eigenvalue weighted by atomic mass is 10.1. The van der Waals surface area contributed by atoms with Gasteiger partial charge in [0.15, 0.2) is 0 Å². The summed E-state index contributed by atoms with van der Waals surface area (Å²) in [5, 5.41) is 13.1. The average molecular weight is 297 g/mol. The predicted octanol–water partition coefficient (Wildman–Crippen LogP) is 2.47. The predicted molar refractivity (Wildman–Crippen MR) is 84.0 cm³/mol. The molecule has 2 atom stereocenters. The number of nitrogens with one attached hydrogen (secondary N) is 1. The molecular formula is C18H19NO3. The van der Waals surface area contributed by atoms with Crippen LogP contribution in [0.4, 0.5) is 0 Å². The summed E-state index contributed by atoms with van der Waals surface area (Å²) in [7, 11) is 0. The first kappa shape index (κ1) is 14.6. The van der Waals surface area contributed by atoms with Gasteiger partial charge in [0.2, 0.25) is 0 Å². The van der Waals surface area contributed by atoms with Crippen LogP contribution in [0.25, 0.3) is 0 Å². The second-order valence-electron chi connectivity index (χ2n) is 5.38. The summed E-state index contributed by atoms with van der Waals surface area (Å²) in [5.41, 5.74) is 2.64. The molecule has 0 aliphatic heterocycles. The van der Waals surface area contributed by atoms with Gasteiger partial charge < -0.3 is 15.2 Å². The second kappa shape index (κ2) is 6.20. The fourth-order valence-corrected chi connectivity index (χ4v) is 2.84. The van der Waals surface area contributed by atoms with Crippen molar-refractivity contribution in [2.75, 3.05) is 6.61 Å². The Morgan fingerprint density at radius 3 is 2.68 bits per heavy atom. The number of hydrogen-bond acceptors (Lipinski definition) is 3. The fourth-order valence-electron chi connectivity index (χ4n) is 2.84. The van der Waals surface area contributed by atoms with Crippen LogP contribution in [0.15, 0.2) is 48.5 Å². The number of carbonyl (C=O) groups excluding carboxylic acids is 1. The van der Waals surface area contributed by atoms with Crippen LogP contribution in [0.2, 0.25) is 0 Å². The molecule has 4 heteroatoms. The zero-order valence-electron chi connectivity index (χ0n) is 12.5. The molecule has 1 amide bonds. The van der Waals surface area contributed by atoms with Gasteiger partial charge in [-0.05, 0) is 42.3 Å². The highest BCUT2D eigenvalue weighted by atomic mass is 16.5. The molecule has 0 saturated carbocycles. The Morgan fingerprint density at radius 1 is 1.23 bits per heavy atom. The number of aliphatic hydroxyl groups excluding tert-OH is 1. The van der Waals surface area contributed by atoms with Gasteiger partial charge in [0.25, 0.3) is 5.91 Å². The molecule has 0 heterocycles. The summed E-state index contributed by atoms with van der Waals surface area (Å²) >= 11 is 0. The molecule has 2 aromatic rings. The summed E-state index contributed by atoms with van der Waals surface area (Å²) in [6, 6.07) is 14.5. The number of fused-ring (bicyclic) bond motifs is 1. The molecule has 114 valence electrons. The normalized spacial score (nSPS) is 19.5. The Morgan fingerprint density at radius 2 is 1.95 bits per heavy atom. The summed E-state index contributed by atoms with van der Waals surface area (Å²) in [5.74, 6) is 0.550. The van der Waals surface area contributed by atoms with E-state index in [-0.39, 0.29) is 11.9 Å². The third-order valence-electron chi connectivity index (χ3n) is 3.92. The van der Waals surface area contributed by atoms with Crippen LogP contribution in [-0.4, -0.2) is 23.7 Å². The number of ether oxygens (including phenoxy) is 1. The van der Waals surface area contributed by atoms with Crippen molar-refractivity contribution in [1.29, 1.82) is 0 Å². The van der Waals surface area contributed by atoms with Crippen molar-refractivity contribution in [2.45, 2.75) is 25.5 Å². The van der Waals surface area contributed by atoms with E-state index in [1.165, 1.54) is 0 Å². The van der Waals surface area contributed by atoms with Gasteiger partial charge in [-0.1, -0.05) is 24.3 Å². The molecule has 1 aliphatic carbocycles. The largest absolute Gasteiger partial charge is 0.494 e. The molecule has 0 spiro atoms. The van der Waals surface area contributed by atoms with Crippen LogP contribution in [0.3, 0.4) is 0 Å². The number of amides is 1. The van der Waals surface area contributed by atoms with Crippen molar-refractivity contribution < 1.29 is 14.6 Å². The number of hydrogen-bond donors (Lipinski definition) is 2. The van der Waals surface area contributed by atoms with Crippen LogP contribution < -0.4 is 10.1 Å². The van der Waals surface area contributed by atoms with Crippen LogP contribution in [0, 0.1) is 0 Å². The molecule has 0 bridgehead atoms. The van der Waals surface area contributed by atoms with E-state index in [1.54, 1.807) is 24.3 Å². The Bertz CT molecular complexity index is 666. The van der Waals surface area contributed by atoms with E-state index in [2.05, 4.69) is 5.32 Å². The SMILES string of the molecule is CCOc1ccc(C(=O)NC2c3ccccc3CC2O)cc1. The topological polar surface area (TPSA) is 58.6 Å². The van der Waals surface area contributed by atoms with Crippen molar-refractivity contribution >= 4 is 5.91 Å². The monoisotopic (exact) mass is 297 g/mol. The zero-order valence-corrected chi connectivity index (χ0v) is 12.5. The fraction of sp³-hybridized carbons (Fsp3) is 0.278. The maximum atomic E-state index is 12.4. The van der Waals surface area contributed by atoms with Crippen LogP contribution in [0.1, 0.15) is 34.5 Å². The molecule has 2 aromatic carbocycles. The Hall–Kier alpha value is -2.33. The van der Waals surface area contributed by atoms with E-state index < -0.39 is 6.10 Å². The quantitative estimate of drug-likeness (QED) is 0.911. The van der Waals surface area contributed by atoms with Gasteiger partial charge in [-0.15, -0.1) is 0 Å². The van der Waals surface area contributed by atoms with Crippen LogP contribution >= 0.6 is 0 Å². The Labute approximate surface area is 129 Å². The van der Waals surface area contributed by atoms with Crippen LogP contribution in [-0.2, 0) is 6.42 Å². The number of carbonyl (C=O) groups is 1. The molecule has 1 aliphatic rings. The van der Waals surface area contributed by atoms with E-state index in [1.807, 2.05) is 31.2 Å². The number of benzene rings is 2. The minimum atomic E-state index is -0.580. The first-order chi connectivity index (χ1) is 10.7. The zero-order chi connectivity index (χ0) is 15.5. The van der Waals surface area contributed by atoms with Gasteiger partial charge in [0, 0.05) is 12.0 Å². The van der Waals surface area contributed by atoms with Crippen molar-refractivity contribution in [3.8, 4) is 5.75 Å². The van der Waals surface area contributed by atoms with E-state index in [0.29, 0.717) is 18.6 Å². The van der Waals surface area contributed by atoms with E-state index in [4.69, 9.17) is 4.74 Å². The lowest BCUT2D eigenvalue weighted by Gasteiger charge is -2.18. The highest BCUT2D eigenvalue weighted by Crippen LogP contribution is 2.31. The van der Waals surface area contributed by atoms with Crippen molar-refractivity contribution in [3.63, 3.8) is 0 Å². The Kier molecular flexibility index (Phi) is 4.11. The Balaban J connectivity index is 1.74. The van der Waals surface area contributed by atoms with Gasteiger partial charge in [-0.3, -0.25) is 4.79 Å². The highest BCUT2D eigenvalue weighted by molar-refractivity contribution is 5.94. The molecule has 4 nitrogen and oxygen atoms in total. The smallest absolute Gasteiger partial charge is 0.251 e. The molecule has 2 N–H and O–H groups in total. The maximum absolute atomic E-state index is 12.4. The van der Waals surface area contributed by atoms with Crippen LogP contribution in [0.5, 0.6) is 5.75 Å². The lowest BCUT2D eigenvalue weighted by Crippen LogP contribution is -2.33. The highest BCUT2D eigenvalue weighted by Gasteiger charge is 2.31. The van der Waals surface area contributed by atoms with Crippen molar-refractivity contribution in [3.05, 3.63) is 65.2 Å². The third kappa shape index (κ3) is 2.83. The number of rotatable bonds is 4. The third-order valence-corrected chi connectivity index (χ3v) is 3.92. The van der Waals surface area contributed by atoms with Crippen molar-refractivity contribution in [1.82, 2.24) is 5.32 Å². The van der Waals surface area contributed by atoms with Crippen molar-refractivity contribution in [2.24, 2.45) is 0 Å². The summed E-state index contributed by atoms with van der Waals surface area (Å²) in [6.45, 7) is 2.51. The van der Waals surface area contributed by atoms with Gasteiger partial charge in [0.1, 0.15) is 5.75 Å². The van der Waals surface area contributed by atoms with Gasteiger partial charge >= 0.3 is 0 Å². The first-order valence-corrected chi connectivity index (χ1v) is 7.48. The molecule has 0 fully saturated rings. The standard InChI is InChI=1S/C18H19NO3/c1-2-22-14-9-7-12(8-10-14)18(21)19-17-15-6-4-3-5-13(15)11-16(17)20/h3-10,16-17,20H,2,11H2,1H3,(H,19,21). The van der Waals surface area contributed by atoms with E-state index >= 15 is 0 Å². The van der Waals surface area contributed by atoms with E-state index in [0.717, 1.165) is 16.9 Å². The minimum absolute atomic E-state index is 0.191. The first-order valence-electron chi connectivity index (χ1n) is 7.48.